The van der Waals surface area contributed by atoms with Gasteiger partial charge >= 0.3 is 0 Å². The molecule has 2 N–H and O–H groups in total. The van der Waals surface area contributed by atoms with E-state index in [2.05, 4.69) is 4.90 Å². The van der Waals surface area contributed by atoms with Crippen LogP contribution in [0.15, 0.2) is 42.5 Å². The third-order valence-electron chi connectivity index (χ3n) is 6.01. The van der Waals surface area contributed by atoms with Gasteiger partial charge in [0, 0.05) is 31.3 Å². The number of ether oxygens (including phenoxy) is 2. The molecule has 2 amide bonds. The van der Waals surface area contributed by atoms with Gasteiger partial charge in [0.05, 0.1) is 37.4 Å². The number of methoxy groups -OCH3 is 1. The van der Waals surface area contributed by atoms with E-state index in [1.807, 2.05) is 0 Å². The van der Waals surface area contributed by atoms with E-state index in [0.29, 0.717) is 44.2 Å². The van der Waals surface area contributed by atoms with Crippen molar-refractivity contribution >= 4 is 29.5 Å². The Bertz CT molecular complexity index is 1060. The van der Waals surface area contributed by atoms with E-state index in [1.54, 1.807) is 29.2 Å². The minimum Gasteiger partial charge on any atom is -0.495 e. The Morgan fingerprint density at radius 1 is 1.21 bits per heavy atom. The van der Waals surface area contributed by atoms with Crippen molar-refractivity contribution in [3.05, 3.63) is 70.0 Å². The summed E-state index contributed by atoms with van der Waals surface area (Å²) in [6.45, 7) is 2.72. The van der Waals surface area contributed by atoms with Gasteiger partial charge in [0.1, 0.15) is 11.6 Å². The lowest BCUT2D eigenvalue weighted by Gasteiger charge is -2.49. The Hall–Kier alpha value is -2.94. The molecular formula is C24H25ClFN3O4. The van der Waals surface area contributed by atoms with Crippen molar-refractivity contribution < 1.29 is 23.5 Å². The highest BCUT2D eigenvalue weighted by Gasteiger charge is 2.39. The summed E-state index contributed by atoms with van der Waals surface area (Å²) in [7, 11) is 1.47. The summed E-state index contributed by atoms with van der Waals surface area (Å²) < 4.78 is 24.2. The normalized spacial score (nSPS) is 20.8. The Balaban J connectivity index is 1.48. The summed E-state index contributed by atoms with van der Waals surface area (Å²) in [5.74, 6) is -0.692. The number of nitrogens with zero attached hydrogens (tertiary/aromatic N) is 2. The van der Waals surface area contributed by atoms with E-state index in [1.165, 1.54) is 31.4 Å². The van der Waals surface area contributed by atoms with Gasteiger partial charge in [0.15, 0.2) is 0 Å². The van der Waals surface area contributed by atoms with Gasteiger partial charge in [-0.1, -0.05) is 23.7 Å². The molecule has 2 heterocycles. The van der Waals surface area contributed by atoms with E-state index in [4.69, 9.17) is 26.8 Å². The number of morpholine rings is 1. The first-order chi connectivity index (χ1) is 15.9. The van der Waals surface area contributed by atoms with E-state index in [0.717, 1.165) is 5.56 Å². The molecule has 0 radical (unpaired) electrons. The van der Waals surface area contributed by atoms with E-state index in [-0.39, 0.29) is 34.4 Å². The molecule has 2 aromatic rings. The molecule has 174 valence electrons. The van der Waals surface area contributed by atoms with Crippen LogP contribution < -0.4 is 10.5 Å². The number of nitrogens with two attached hydrogens (primary N) is 1. The van der Waals surface area contributed by atoms with Crippen LogP contribution in [0.5, 0.6) is 5.75 Å². The number of amides is 2. The molecule has 9 heteroatoms. The molecule has 2 aromatic carbocycles. The van der Waals surface area contributed by atoms with Gasteiger partial charge < -0.3 is 20.1 Å². The average Bonchev–Trinajstić information content (AvgIpc) is 2.79. The summed E-state index contributed by atoms with van der Waals surface area (Å²) in [6.07, 6.45) is 2.99. The molecular weight excluding hydrogens is 449 g/mol. The maximum Gasteiger partial charge on any atom is 0.249 e. The summed E-state index contributed by atoms with van der Waals surface area (Å²) in [4.78, 5) is 28.9. The van der Waals surface area contributed by atoms with Crippen molar-refractivity contribution in [2.75, 3.05) is 33.4 Å². The van der Waals surface area contributed by atoms with E-state index in [9.17, 15) is 14.0 Å². The molecule has 2 bridgehead atoms. The number of fused-ring (bicyclic) bond motifs is 2. The maximum absolute atomic E-state index is 13.2. The Morgan fingerprint density at radius 3 is 2.48 bits per heavy atom. The Labute approximate surface area is 196 Å². The van der Waals surface area contributed by atoms with Crippen molar-refractivity contribution in [3.8, 4) is 5.75 Å². The number of carbonyl (C=O) groups excluding carboxylic acids is 2. The standard InChI is InChI=1S/C24H25ClFN3O4/c1-32-22-8-16(20(24(27)31)9-21(22)25)4-7-23(30)28-11-18-13-33-14-19(12-28)29(18)10-15-2-5-17(26)6-3-15/h2-9,18-19H,10-14H2,1H3,(H2,27,31). The van der Waals surface area contributed by atoms with Gasteiger partial charge in [0.25, 0.3) is 0 Å². The molecule has 0 spiro atoms. The highest BCUT2D eigenvalue weighted by atomic mass is 35.5. The van der Waals surface area contributed by atoms with Gasteiger partial charge in [-0.25, -0.2) is 4.39 Å². The van der Waals surface area contributed by atoms with Crippen LogP contribution in [-0.2, 0) is 16.1 Å². The summed E-state index contributed by atoms with van der Waals surface area (Å²) >= 11 is 6.10. The summed E-state index contributed by atoms with van der Waals surface area (Å²) in [5, 5.41) is 0.264. The quantitative estimate of drug-likeness (QED) is 0.652. The predicted molar refractivity (Wildman–Crippen MR) is 122 cm³/mol. The van der Waals surface area contributed by atoms with Crippen LogP contribution in [0.3, 0.4) is 0 Å². The highest BCUT2D eigenvalue weighted by Crippen LogP contribution is 2.29. The molecule has 2 aliphatic rings. The molecule has 2 unspecified atom stereocenters. The largest absolute Gasteiger partial charge is 0.495 e. The van der Waals surface area contributed by atoms with Crippen molar-refractivity contribution in [2.45, 2.75) is 18.6 Å². The number of hydrogen-bond acceptors (Lipinski definition) is 5. The first kappa shape index (κ1) is 23.2. The first-order valence-electron chi connectivity index (χ1n) is 10.6. The fourth-order valence-electron chi connectivity index (χ4n) is 4.31. The zero-order valence-electron chi connectivity index (χ0n) is 18.2. The number of piperazine rings is 1. The second-order valence-electron chi connectivity index (χ2n) is 8.16. The van der Waals surface area contributed by atoms with E-state index >= 15 is 0 Å². The molecule has 33 heavy (non-hydrogen) atoms. The lowest BCUT2D eigenvalue weighted by Crippen LogP contribution is -2.64. The van der Waals surface area contributed by atoms with Gasteiger partial charge in [-0.3, -0.25) is 14.5 Å². The smallest absolute Gasteiger partial charge is 0.249 e. The van der Waals surface area contributed by atoms with Crippen LogP contribution in [0.1, 0.15) is 21.5 Å². The monoisotopic (exact) mass is 473 g/mol. The van der Waals surface area contributed by atoms with Crippen LogP contribution in [0.2, 0.25) is 5.02 Å². The lowest BCUT2D eigenvalue weighted by atomic mass is 10.0. The first-order valence-corrected chi connectivity index (χ1v) is 11.0. The topological polar surface area (TPSA) is 85.1 Å². The number of primary amides is 1. The van der Waals surface area contributed by atoms with Crippen LogP contribution >= 0.6 is 11.6 Å². The number of hydrogen-bond donors (Lipinski definition) is 1. The van der Waals surface area contributed by atoms with Gasteiger partial charge in [-0.2, -0.15) is 0 Å². The predicted octanol–water partition coefficient (Wildman–Crippen LogP) is 2.71. The van der Waals surface area contributed by atoms with Crippen LogP contribution in [-0.4, -0.2) is 67.1 Å². The number of benzene rings is 2. The van der Waals surface area contributed by atoms with Crippen LogP contribution in [0, 0.1) is 5.82 Å². The molecule has 2 aliphatic heterocycles. The Kier molecular flexibility index (Phi) is 6.97. The molecule has 2 fully saturated rings. The molecule has 0 aliphatic carbocycles. The van der Waals surface area contributed by atoms with Crippen molar-refractivity contribution in [3.63, 3.8) is 0 Å². The van der Waals surface area contributed by atoms with Crippen LogP contribution in [0.25, 0.3) is 6.08 Å². The fraction of sp³-hybridized carbons (Fsp3) is 0.333. The summed E-state index contributed by atoms with van der Waals surface area (Å²) in [5.41, 5.74) is 7.14. The lowest BCUT2D eigenvalue weighted by molar-refractivity contribution is -0.141. The third kappa shape index (κ3) is 5.19. The molecule has 2 atom stereocenters. The minimum atomic E-state index is -0.646. The SMILES string of the molecule is COc1cc(C=CC(=O)N2CC3COCC(C2)N3Cc2ccc(F)cc2)c(C(N)=O)cc1Cl. The van der Waals surface area contributed by atoms with Gasteiger partial charge in [-0.05, 0) is 41.5 Å². The zero-order chi connectivity index (χ0) is 23.5. The third-order valence-corrected chi connectivity index (χ3v) is 6.30. The highest BCUT2D eigenvalue weighted by molar-refractivity contribution is 6.32. The summed E-state index contributed by atoms with van der Waals surface area (Å²) in [6, 6.07) is 9.56. The number of rotatable bonds is 6. The minimum absolute atomic E-state index is 0.0386. The van der Waals surface area contributed by atoms with Crippen molar-refractivity contribution in [1.29, 1.82) is 0 Å². The second-order valence-corrected chi connectivity index (χ2v) is 8.57. The van der Waals surface area contributed by atoms with Gasteiger partial charge in [0.2, 0.25) is 11.8 Å². The van der Waals surface area contributed by atoms with Crippen LogP contribution in [0.4, 0.5) is 4.39 Å². The Morgan fingerprint density at radius 2 is 1.88 bits per heavy atom. The number of carbonyl (C=O) groups is 2. The fourth-order valence-corrected chi connectivity index (χ4v) is 4.55. The van der Waals surface area contributed by atoms with Crippen molar-refractivity contribution in [2.24, 2.45) is 5.73 Å². The van der Waals surface area contributed by atoms with Gasteiger partial charge in [-0.15, -0.1) is 0 Å². The maximum atomic E-state index is 13.2. The van der Waals surface area contributed by atoms with E-state index < -0.39 is 5.91 Å². The zero-order valence-corrected chi connectivity index (χ0v) is 18.9. The number of halogens is 2. The molecule has 4 rings (SSSR count). The average molecular weight is 474 g/mol. The molecule has 0 aromatic heterocycles. The van der Waals surface area contributed by atoms with Crippen molar-refractivity contribution in [1.82, 2.24) is 9.80 Å². The second kappa shape index (κ2) is 9.91. The molecule has 0 saturated carbocycles. The molecule has 7 nitrogen and oxygen atoms in total. The molecule has 2 saturated heterocycles.